The molecule has 3 heterocycles. The van der Waals surface area contributed by atoms with Crippen molar-refractivity contribution in [1.82, 2.24) is 15.3 Å². The summed E-state index contributed by atoms with van der Waals surface area (Å²) in [5.41, 5.74) is 0.152. The van der Waals surface area contributed by atoms with Gasteiger partial charge in [0.2, 0.25) is 16.7 Å². The van der Waals surface area contributed by atoms with Crippen LogP contribution in [0.1, 0.15) is 12.0 Å². The molecule has 1 aliphatic rings. The monoisotopic (exact) mass is 284 g/mol. The molecule has 1 aliphatic heterocycles. The maximum Gasteiger partial charge on any atom is 0.310 e. The Labute approximate surface area is 111 Å². The summed E-state index contributed by atoms with van der Waals surface area (Å²) in [7, 11) is 0. The number of nitrogens with one attached hydrogen (secondary N) is 1. The lowest BCUT2D eigenvalue weighted by Gasteiger charge is -2.20. The topological polar surface area (TPSA) is 103 Å². The summed E-state index contributed by atoms with van der Waals surface area (Å²) < 4.78 is 10.9. The molecule has 0 aromatic carbocycles. The fraction of sp³-hybridized carbons (Fsp3) is 0.400. The summed E-state index contributed by atoms with van der Waals surface area (Å²) in [6, 6.07) is 1.22. The van der Waals surface area contributed by atoms with Gasteiger partial charge in [0.15, 0.2) is 5.58 Å². The number of nitrogens with zero attached hydrogens (tertiary/aromatic N) is 3. The van der Waals surface area contributed by atoms with E-state index in [0.29, 0.717) is 19.0 Å². The number of pyridine rings is 1. The van der Waals surface area contributed by atoms with Crippen LogP contribution in [0.4, 0.5) is 5.69 Å². The maximum atomic E-state index is 10.8. The normalized spacial score (nSPS) is 19.7. The Balaban J connectivity index is 2.02. The van der Waals surface area contributed by atoms with E-state index in [1.54, 1.807) is 0 Å². The molecule has 1 saturated heterocycles. The van der Waals surface area contributed by atoms with Gasteiger partial charge in [0, 0.05) is 13.1 Å². The van der Waals surface area contributed by atoms with Crippen LogP contribution in [0, 0.1) is 10.1 Å². The first-order valence-electron chi connectivity index (χ1n) is 5.59. The summed E-state index contributed by atoms with van der Waals surface area (Å²) in [5, 5.41) is 13.7. The number of fused-ring (bicyclic) bond motifs is 1. The molecule has 19 heavy (non-hydrogen) atoms. The SMILES string of the molecule is O=[N+]([O-])c1cc2oc(C3CNCCO3)nc2nc1Cl. The van der Waals surface area contributed by atoms with Gasteiger partial charge in [0.25, 0.3) is 0 Å². The van der Waals surface area contributed by atoms with E-state index >= 15 is 0 Å². The van der Waals surface area contributed by atoms with E-state index in [2.05, 4.69) is 15.3 Å². The van der Waals surface area contributed by atoms with Crippen molar-refractivity contribution in [2.24, 2.45) is 0 Å². The minimum absolute atomic E-state index is 0.208. The van der Waals surface area contributed by atoms with Crippen LogP contribution in [-0.2, 0) is 4.74 Å². The van der Waals surface area contributed by atoms with Crippen molar-refractivity contribution in [1.29, 1.82) is 0 Å². The fourth-order valence-corrected chi connectivity index (χ4v) is 2.04. The van der Waals surface area contributed by atoms with E-state index in [9.17, 15) is 10.1 Å². The quantitative estimate of drug-likeness (QED) is 0.505. The average Bonchev–Trinajstić information content (AvgIpc) is 2.81. The Morgan fingerprint density at radius 3 is 3.05 bits per heavy atom. The molecule has 0 amide bonds. The van der Waals surface area contributed by atoms with Crippen LogP contribution in [-0.4, -0.2) is 34.6 Å². The van der Waals surface area contributed by atoms with E-state index in [-0.39, 0.29) is 28.2 Å². The molecule has 1 unspecified atom stereocenters. The van der Waals surface area contributed by atoms with Crippen LogP contribution in [0.15, 0.2) is 10.5 Å². The van der Waals surface area contributed by atoms with Gasteiger partial charge in [0.1, 0.15) is 6.10 Å². The van der Waals surface area contributed by atoms with Crippen molar-refractivity contribution in [3.8, 4) is 0 Å². The number of halogens is 1. The second-order valence-corrected chi connectivity index (χ2v) is 4.35. The van der Waals surface area contributed by atoms with Gasteiger partial charge in [-0.25, -0.2) is 4.98 Å². The predicted octanol–water partition coefficient (Wildman–Crippen LogP) is 1.45. The second-order valence-electron chi connectivity index (χ2n) is 3.99. The zero-order valence-electron chi connectivity index (χ0n) is 9.63. The lowest BCUT2D eigenvalue weighted by molar-refractivity contribution is -0.384. The Morgan fingerprint density at radius 2 is 2.37 bits per heavy atom. The van der Waals surface area contributed by atoms with Crippen LogP contribution in [0.5, 0.6) is 0 Å². The number of hydrogen-bond acceptors (Lipinski definition) is 7. The highest BCUT2D eigenvalue weighted by Gasteiger charge is 2.24. The van der Waals surface area contributed by atoms with E-state index in [1.165, 1.54) is 6.07 Å². The van der Waals surface area contributed by atoms with Gasteiger partial charge in [-0.3, -0.25) is 10.1 Å². The first kappa shape index (κ1) is 12.3. The molecule has 1 N–H and O–H groups in total. The minimum atomic E-state index is -0.615. The minimum Gasteiger partial charge on any atom is -0.436 e. The molecular weight excluding hydrogens is 276 g/mol. The van der Waals surface area contributed by atoms with Crippen LogP contribution in [0.25, 0.3) is 11.2 Å². The molecule has 2 aromatic heterocycles. The van der Waals surface area contributed by atoms with Gasteiger partial charge in [-0.05, 0) is 0 Å². The number of oxazole rings is 1. The molecule has 9 heteroatoms. The highest BCUT2D eigenvalue weighted by Crippen LogP contribution is 2.29. The zero-order chi connectivity index (χ0) is 13.4. The molecule has 0 bridgehead atoms. The summed E-state index contributed by atoms with van der Waals surface area (Å²) in [6.07, 6.45) is -0.319. The number of ether oxygens (including phenoxy) is 1. The van der Waals surface area contributed by atoms with E-state index in [4.69, 9.17) is 20.8 Å². The third-order valence-electron chi connectivity index (χ3n) is 2.73. The summed E-state index contributed by atoms with van der Waals surface area (Å²) in [6.45, 7) is 1.90. The van der Waals surface area contributed by atoms with Crippen molar-refractivity contribution < 1.29 is 14.1 Å². The van der Waals surface area contributed by atoms with Crippen molar-refractivity contribution in [3.05, 3.63) is 27.2 Å². The smallest absolute Gasteiger partial charge is 0.310 e. The van der Waals surface area contributed by atoms with Crippen molar-refractivity contribution >= 4 is 28.5 Å². The molecular formula is C10H9ClN4O4. The molecule has 0 radical (unpaired) electrons. The van der Waals surface area contributed by atoms with Gasteiger partial charge in [-0.1, -0.05) is 11.6 Å². The van der Waals surface area contributed by atoms with Gasteiger partial charge in [0.05, 0.1) is 17.6 Å². The highest BCUT2D eigenvalue weighted by molar-refractivity contribution is 6.31. The first-order valence-corrected chi connectivity index (χ1v) is 5.96. The van der Waals surface area contributed by atoms with Crippen LogP contribution < -0.4 is 5.32 Å². The fourth-order valence-electron chi connectivity index (χ4n) is 1.84. The molecule has 0 saturated carbocycles. The molecule has 1 fully saturated rings. The Hall–Kier alpha value is -1.77. The number of nitro groups is 1. The van der Waals surface area contributed by atoms with Gasteiger partial charge < -0.3 is 14.5 Å². The van der Waals surface area contributed by atoms with E-state index in [0.717, 1.165) is 6.54 Å². The second kappa shape index (κ2) is 4.72. The van der Waals surface area contributed by atoms with Crippen molar-refractivity contribution in [2.45, 2.75) is 6.10 Å². The third kappa shape index (κ3) is 2.25. The third-order valence-corrected chi connectivity index (χ3v) is 3.01. The van der Waals surface area contributed by atoms with Crippen molar-refractivity contribution in [3.63, 3.8) is 0 Å². The highest BCUT2D eigenvalue weighted by atomic mass is 35.5. The Morgan fingerprint density at radius 1 is 1.53 bits per heavy atom. The van der Waals surface area contributed by atoms with E-state index in [1.807, 2.05) is 0 Å². The molecule has 8 nitrogen and oxygen atoms in total. The van der Waals surface area contributed by atoms with Gasteiger partial charge in [-0.2, -0.15) is 4.98 Å². The molecule has 2 aromatic rings. The van der Waals surface area contributed by atoms with Gasteiger partial charge >= 0.3 is 5.69 Å². The zero-order valence-corrected chi connectivity index (χ0v) is 10.4. The molecule has 3 rings (SSSR count). The van der Waals surface area contributed by atoms with E-state index < -0.39 is 4.92 Å². The number of hydrogen-bond donors (Lipinski definition) is 1. The number of aromatic nitrogens is 2. The lowest BCUT2D eigenvalue weighted by atomic mass is 10.3. The Bertz CT molecular complexity index is 638. The molecule has 0 spiro atoms. The largest absolute Gasteiger partial charge is 0.436 e. The molecule has 100 valence electrons. The molecule has 0 aliphatic carbocycles. The van der Waals surface area contributed by atoms with Crippen LogP contribution in [0.2, 0.25) is 5.15 Å². The predicted molar refractivity (Wildman–Crippen MR) is 65.0 cm³/mol. The number of rotatable bonds is 2. The standard InChI is InChI=1S/C10H9ClN4O4/c11-8-5(15(16)17)3-6-9(13-8)14-10(19-6)7-4-12-1-2-18-7/h3,7,12H,1-2,4H2. The van der Waals surface area contributed by atoms with Gasteiger partial charge in [-0.15, -0.1) is 0 Å². The first-order chi connectivity index (χ1) is 9.15. The van der Waals surface area contributed by atoms with Crippen LogP contribution in [0.3, 0.4) is 0 Å². The summed E-state index contributed by atoms with van der Waals surface area (Å²) >= 11 is 5.72. The summed E-state index contributed by atoms with van der Waals surface area (Å²) in [4.78, 5) is 18.1. The average molecular weight is 285 g/mol. The lowest BCUT2D eigenvalue weighted by Crippen LogP contribution is -2.33. The summed E-state index contributed by atoms with van der Waals surface area (Å²) in [5.74, 6) is 0.339. The Kier molecular flexibility index (Phi) is 3.05. The van der Waals surface area contributed by atoms with Crippen molar-refractivity contribution in [2.75, 3.05) is 19.7 Å². The molecule has 1 atom stereocenters. The number of morpholine rings is 1. The maximum absolute atomic E-state index is 10.8. The van der Waals surface area contributed by atoms with Crippen LogP contribution >= 0.6 is 11.6 Å².